The van der Waals surface area contributed by atoms with Gasteiger partial charge in [0.1, 0.15) is 12.4 Å². The van der Waals surface area contributed by atoms with Crippen LogP contribution in [0.1, 0.15) is 20.8 Å². The molecule has 0 radical (unpaired) electrons. The highest BCUT2D eigenvalue weighted by Gasteiger charge is 2.42. The number of nitrogens with zero attached hydrogens (tertiary/aromatic N) is 1. The van der Waals surface area contributed by atoms with Gasteiger partial charge in [0.2, 0.25) is 0 Å². The summed E-state index contributed by atoms with van der Waals surface area (Å²) < 4.78 is 34.0. The van der Waals surface area contributed by atoms with Gasteiger partial charge in [-0.1, -0.05) is 44.5 Å². The average Bonchev–Trinajstić information content (AvgIpc) is 2.53. The van der Waals surface area contributed by atoms with Crippen LogP contribution >= 0.6 is 11.6 Å². The van der Waals surface area contributed by atoms with Gasteiger partial charge in [0.05, 0.1) is 16.6 Å². The van der Waals surface area contributed by atoms with Gasteiger partial charge in [-0.25, -0.2) is 8.42 Å². The van der Waals surface area contributed by atoms with Crippen molar-refractivity contribution in [2.45, 2.75) is 31.7 Å². The van der Waals surface area contributed by atoms with E-state index in [0.717, 1.165) is 0 Å². The summed E-state index contributed by atoms with van der Waals surface area (Å²) in [7, 11) is -3.73. The molecule has 1 aliphatic rings. The van der Waals surface area contributed by atoms with E-state index < -0.39 is 10.0 Å². The Labute approximate surface area is 148 Å². The van der Waals surface area contributed by atoms with Crippen LogP contribution in [-0.2, 0) is 10.0 Å². The number of halogens is 1. The third-order valence-corrected chi connectivity index (χ3v) is 6.24. The van der Waals surface area contributed by atoms with Crippen LogP contribution in [-0.4, -0.2) is 21.1 Å². The van der Waals surface area contributed by atoms with Crippen molar-refractivity contribution in [1.82, 2.24) is 0 Å². The number of fused-ring (bicyclic) bond motifs is 1. The molecule has 0 saturated carbocycles. The van der Waals surface area contributed by atoms with Crippen LogP contribution in [0.4, 0.5) is 5.69 Å². The first-order valence-corrected chi connectivity index (χ1v) is 9.55. The van der Waals surface area contributed by atoms with Gasteiger partial charge in [-0.3, -0.25) is 4.31 Å². The van der Waals surface area contributed by atoms with E-state index in [1.807, 2.05) is 32.9 Å². The summed E-state index contributed by atoms with van der Waals surface area (Å²) in [6.45, 7) is 6.35. The van der Waals surface area contributed by atoms with E-state index >= 15 is 0 Å². The van der Waals surface area contributed by atoms with Crippen molar-refractivity contribution in [1.29, 1.82) is 0 Å². The number of benzene rings is 2. The first kappa shape index (κ1) is 17.1. The second-order valence-corrected chi connectivity index (χ2v) is 9.17. The summed E-state index contributed by atoms with van der Waals surface area (Å²) in [6, 6.07) is 13.2. The lowest BCUT2D eigenvalue weighted by molar-refractivity contribution is 0.193. The van der Waals surface area contributed by atoms with Gasteiger partial charge in [0, 0.05) is 5.02 Å². The van der Waals surface area contributed by atoms with Gasteiger partial charge in [0.15, 0.2) is 0 Å². The van der Waals surface area contributed by atoms with Crippen LogP contribution in [0, 0.1) is 5.41 Å². The van der Waals surface area contributed by atoms with Gasteiger partial charge in [-0.15, -0.1) is 0 Å². The van der Waals surface area contributed by atoms with Crippen LogP contribution in [0.15, 0.2) is 53.4 Å². The fourth-order valence-electron chi connectivity index (χ4n) is 2.78. The molecule has 0 bridgehead atoms. The Hall–Kier alpha value is -1.72. The third-order valence-electron chi connectivity index (χ3n) is 4.15. The lowest BCUT2D eigenvalue weighted by atomic mass is 9.86. The molecule has 24 heavy (non-hydrogen) atoms. The molecule has 6 heteroatoms. The number of anilines is 1. The molecule has 0 unspecified atom stereocenters. The number of hydrogen-bond donors (Lipinski definition) is 0. The summed E-state index contributed by atoms with van der Waals surface area (Å²) in [5.74, 6) is 0.579. The van der Waals surface area contributed by atoms with Crippen molar-refractivity contribution in [3.8, 4) is 5.75 Å². The SMILES string of the molecule is CC(C)(C)[C@@H]1COc2ccccc2N1S(=O)(=O)c1ccc(Cl)cc1. The van der Waals surface area contributed by atoms with E-state index in [1.165, 1.54) is 16.4 Å². The molecule has 0 amide bonds. The first-order valence-electron chi connectivity index (χ1n) is 7.73. The van der Waals surface area contributed by atoms with Gasteiger partial charge in [-0.05, 0) is 41.8 Å². The van der Waals surface area contributed by atoms with Gasteiger partial charge >= 0.3 is 0 Å². The summed E-state index contributed by atoms with van der Waals surface area (Å²) >= 11 is 5.90. The third kappa shape index (κ3) is 2.98. The zero-order valence-electron chi connectivity index (χ0n) is 13.9. The number of hydrogen-bond acceptors (Lipinski definition) is 3. The highest BCUT2D eigenvalue weighted by molar-refractivity contribution is 7.92. The molecule has 0 fully saturated rings. The molecule has 1 aliphatic heterocycles. The Morgan fingerprint density at radius 1 is 1.08 bits per heavy atom. The van der Waals surface area contributed by atoms with Gasteiger partial charge < -0.3 is 4.74 Å². The van der Waals surface area contributed by atoms with Gasteiger partial charge in [-0.2, -0.15) is 0 Å². The Bertz CT molecular complexity index is 841. The molecule has 1 heterocycles. The summed E-state index contributed by atoms with van der Waals surface area (Å²) in [5.41, 5.74) is 0.283. The van der Waals surface area contributed by atoms with E-state index in [0.29, 0.717) is 23.1 Å². The molecular formula is C18H20ClNO3S. The quantitative estimate of drug-likeness (QED) is 0.795. The predicted octanol–water partition coefficient (Wildman–Crippen LogP) is 4.34. The molecule has 0 saturated heterocycles. The fraction of sp³-hybridized carbons (Fsp3) is 0.333. The topological polar surface area (TPSA) is 46.6 Å². The summed E-state index contributed by atoms with van der Waals surface area (Å²) in [6.07, 6.45) is 0. The zero-order chi connectivity index (χ0) is 17.5. The van der Waals surface area contributed by atoms with Crippen molar-refractivity contribution >= 4 is 27.3 Å². The fourth-order valence-corrected chi connectivity index (χ4v) is 4.74. The largest absolute Gasteiger partial charge is 0.489 e. The van der Waals surface area contributed by atoms with Crippen molar-refractivity contribution in [3.05, 3.63) is 53.6 Å². The molecule has 2 aromatic carbocycles. The molecule has 0 N–H and O–H groups in total. The number of sulfonamides is 1. The van der Waals surface area contributed by atoms with Crippen molar-refractivity contribution in [2.24, 2.45) is 5.41 Å². The monoisotopic (exact) mass is 365 g/mol. The van der Waals surface area contributed by atoms with Crippen molar-refractivity contribution in [3.63, 3.8) is 0 Å². The highest BCUT2D eigenvalue weighted by Crippen LogP contribution is 2.42. The minimum Gasteiger partial charge on any atom is -0.489 e. The van der Waals surface area contributed by atoms with Crippen molar-refractivity contribution in [2.75, 3.05) is 10.9 Å². The zero-order valence-corrected chi connectivity index (χ0v) is 15.4. The van der Waals surface area contributed by atoms with E-state index in [2.05, 4.69) is 0 Å². The first-order chi connectivity index (χ1) is 11.2. The standard InChI is InChI=1S/C18H20ClNO3S/c1-18(2,3)17-12-23-16-7-5-4-6-15(16)20(17)24(21,22)14-10-8-13(19)9-11-14/h4-11,17H,12H2,1-3H3/t17-/m0/s1. The molecule has 0 spiro atoms. The second-order valence-electron chi connectivity index (χ2n) is 6.92. The average molecular weight is 366 g/mol. The second kappa shape index (κ2) is 5.97. The maximum absolute atomic E-state index is 13.3. The molecule has 0 aromatic heterocycles. The van der Waals surface area contributed by atoms with E-state index in [4.69, 9.17) is 16.3 Å². The number of ether oxygens (including phenoxy) is 1. The molecule has 3 rings (SSSR count). The van der Waals surface area contributed by atoms with E-state index in [9.17, 15) is 8.42 Å². The normalized spacial score (nSPS) is 18.0. The Balaban J connectivity index is 2.18. The Kier molecular flexibility index (Phi) is 4.26. The van der Waals surface area contributed by atoms with Gasteiger partial charge in [0.25, 0.3) is 10.0 Å². The minimum atomic E-state index is -3.73. The number of para-hydroxylation sites is 2. The molecule has 4 nitrogen and oxygen atoms in total. The van der Waals surface area contributed by atoms with Crippen LogP contribution in [0.5, 0.6) is 5.75 Å². The Morgan fingerprint density at radius 3 is 2.33 bits per heavy atom. The number of rotatable bonds is 2. The minimum absolute atomic E-state index is 0.220. The molecule has 0 aliphatic carbocycles. The highest BCUT2D eigenvalue weighted by atomic mass is 35.5. The van der Waals surface area contributed by atoms with Crippen LogP contribution in [0.2, 0.25) is 5.02 Å². The van der Waals surface area contributed by atoms with Crippen LogP contribution in [0.3, 0.4) is 0 Å². The maximum atomic E-state index is 13.3. The van der Waals surface area contributed by atoms with Crippen LogP contribution in [0.25, 0.3) is 0 Å². The van der Waals surface area contributed by atoms with E-state index in [-0.39, 0.29) is 16.4 Å². The molecular weight excluding hydrogens is 346 g/mol. The van der Waals surface area contributed by atoms with Crippen LogP contribution < -0.4 is 9.04 Å². The summed E-state index contributed by atoms with van der Waals surface area (Å²) in [5, 5.41) is 0.503. The molecule has 1 atom stereocenters. The molecule has 2 aromatic rings. The smallest absolute Gasteiger partial charge is 0.264 e. The van der Waals surface area contributed by atoms with E-state index in [1.54, 1.807) is 24.3 Å². The van der Waals surface area contributed by atoms with Crippen molar-refractivity contribution < 1.29 is 13.2 Å². The lowest BCUT2D eigenvalue weighted by Crippen LogP contribution is -2.53. The lowest BCUT2D eigenvalue weighted by Gasteiger charge is -2.43. The molecule has 128 valence electrons. The maximum Gasteiger partial charge on any atom is 0.264 e. The Morgan fingerprint density at radius 2 is 1.71 bits per heavy atom. The predicted molar refractivity (Wildman–Crippen MR) is 96.3 cm³/mol. The summed E-state index contributed by atoms with van der Waals surface area (Å²) in [4.78, 5) is 0.220.